The van der Waals surface area contributed by atoms with Gasteiger partial charge in [0.25, 0.3) is 0 Å². The fraction of sp³-hybridized carbons (Fsp3) is 0.200. The van der Waals surface area contributed by atoms with Crippen LogP contribution in [0.4, 0.5) is 5.69 Å². The van der Waals surface area contributed by atoms with Gasteiger partial charge in [0, 0.05) is 23.2 Å². The second-order valence-corrected chi connectivity index (χ2v) is 6.51. The quantitative estimate of drug-likeness (QED) is 0.630. The van der Waals surface area contributed by atoms with E-state index in [1.54, 1.807) is 22.9 Å². The van der Waals surface area contributed by atoms with Gasteiger partial charge in [-0.1, -0.05) is 29.8 Å². The van der Waals surface area contributed by atoms with Gasteiger partial charge in [0.15, 0.2) is 0 Å². The highest BCUT2D eigenvalue weighted by Crippen LogP contribution is 2.36. The number of hydrogen-bond donors (Lipinski definition) is 2. The SMILES string of the molecule is COc1cc(OC)c(NC(=O)Cc2cn(CC(=O)O)c3ccccc23)cc1Cl. The number of nitrogens with one attached hydrogen (secondary N) is 1. The molecule has 0 aliphatic rings. The van der Waals surface area contributed by atoms with E-state index in [1.807, 2.05) is 24.3 Å². The molecule has 7 nitrogen and oxygen atoms in total. The van der Waals surface area contributed by atoms with Crippen molar-refractivity contribution >= 4 is 40.1 Å². The lowest BCUT2D eigenvalue weighted by molar-refractivity contribution is -0.137. The highest BCUT2D eigenvalue weighted by Gasteiger charge is 2.16. The minimum Gasteiger partial charge on any atom is -0.495 e. The Balaban J connectivity index is 1.86. The summed E-state index contributed by atoms with van der Waals surface area (Å²) in [6, 6.07) is 10.5. The van der Waals surface area contributed by atoms with Crippen molar-refractivity contribution in [3.05, 3.63) is 53.2 Å². The molecule has 0 aliphatic carbocycles. The highest BCUT2D eigenvalue weighted by atomic mass is 35.5. The fourth-order valence-corrected chi connectivity index (χ4v) is 3.31. The summed E-state index contributed by atoms with van der Waals surface area (Å²) in [5.41, 5.74) is 1.92. The summed E-state index contributed by atoms with van der Waals surface area (Å²) in [4.78, 5) is 23.7. The van der Waals surface area contributed by atoms with Crippen LogP contribution in [0.15, 0.2) is 42.6 Å². The predicted molar refractivity (Wildman–Crippen MR) is 106 cm³/mol. The number of carbonyl (C=O) groups excluding carboxylic acids is 1. The van der Waals surface area contributed by atoms with Crippen LogP contribution < -0.4 is 14.8 Å². The number of carboxylic acids is 1. The predicted octanol–water partition coefficient (Wildman–Crippen LogP) is 3.58. The van der Waals surface area contributed by atoms with Crippen LogP contribution in [0, 0.1) is 0 Å². The third-order valence-corrected chi connectivity index (χ3v) is 4.57. The number of para-hydroxylation sites is 1. The number of rotatable bonds is 7. The molecule has 3 aromatic rings. The first-order valence-corrected chi connectivity index (χ1v) is 8.80. The van der Waals surface area contributed by atoms with Gasteiger partial charge < -0.3 is 24.5 Å². The number of benzene rings is 2. The van der Waals surface area contributed by atoms with Gasteiger partial charge >= 0.3 is 5.97 Å². The number of ether oxygens (including phenoxy) is 2. The van der Waals surface area contributed by atoms with Gasteiger partial charge in [-0.3, -0.25) is 9.59 Å². The Kier molecular flexibility index (Phi) is 5.75. The number of aromatic nitrogens is 1. The number of hydrogen-bond acceptors (Lipinski definition) is 4. The molecule has 2 aromatic carbocycles. The Morgan fingerprint density at radius 3 is 2.54 bits per heavy atom. The summed E-state index contributed by atoms with van der Waals surface area (Å²) in [5, 5.41) is 13.1. The maximum absolute atomic E-state index is 12.6. The molecule has 28 heavy (non-hydrogen) atoms. The summed E-state index contributed by atoms with van der Waals surface area (Å²) >= 11 is 6.14. The standard InChI is InChI=1S/C20H19ClN2O5/c1-27-17-9-18(28-2)15(8-14(17)21)22-19(24)7-12-10-23(11-20(25)26)16-6-4-3-5-13(12)16/h3-6,8-10H,7,11H2,1-2H3,(H,22,24)(H,25,26). The van der Waals surface area contributed by atoms with Crippen molar-refractivity contribution < 1.29 is 24.2 Å². The van der Waals surface area contributed by atoms with Crippen LogP contribution in [0.5, 0.6) is 11.5 Å². The molecule has 8 heteroatoms. The van der Waals surface area contributed by atoms with Crippen LogP contribution in [0.25, 0.3) is 10.9 Å². The summed E-state index contributed by atoms with van der Waals surface area (Å²) in [5.74, 6) is -0.372. The van der Waals surface area contributed by atoms with E-state index in [9.17, 15) is 9.59 Å². The van der Waals surface area contributed by atoms with Crippen LogP contribution in [0.3, 0.4) is 0 Å². The third kappa shape index (κ3) is 4.04. The molecular formula is C20H19ClN2O5. The highest BCUT2D eigenvalue weighted by molar-refractivity contribution is 6.32. The summed E-state index contributed by atoms with van der Waals surface area (Å²) in [6.45, 7) is -0.177. The molecule has 0 bridgehead atoms. The van der Waals surface area contributed by atoms with Crippen molar-refractivity contribution in [2.24, 2.45) is 0 Å². The van der Waals surface area contributed by atoms with E-state index in [-0.39, 0.29) is 18.9 Å². The number of fused-ring (bicyclic) bond motifs is 1. The molecule has 146 valence electrons. The average molecular weight is 403 g/mol. The molecule has 1 heterocycles. The normalized spacial score (nSPS) is 10.7. The molecule has 0 saturated carbocycles. The second kappa shape index (κ2) is 8.22. The summed E-state index contributed by atoms with van der Waals surface area (Å²) < 4.78 is 12.1. The molecule has 0 radical (unpaired) electrons. The van der Waals surface area contributed by atoms with Crippen molar-refractivity contribution in [1.82, 2.24) is 4.57 Å². The molecule has 0 aliphatic heterocycles. The third-order valence-electron chi connectivity index (χ3n) is 4.28. The molecule has 0 spiro atoms. The molecule has 0 unspecified atom stereocenters. The fourth-order valence-electron chi connectivity index (χ4n) is 3.07. The number of methoxy groups -OCH3 is 2. The zero-order valence-corrected chi connectivity index (χ0v) is 16.1. The lowest BCUT2D eigenvalue weighted by Crippen LogP contribution is -2.15. The molecule has 0 saturated heterocycles. The van der Waals surface area contributed by atoms with Crippen LogP contribution in [-0.2, 0) is 22.6 Å². The van der Waals surface area contributed by atoms with Crippen molar-refractivity contribution in [3.8, 4) is 11.5 Å². The largest absolute Gasteiger partial charge is 0.495 e. The Labute approximate surface area is 166 Å². The first kappa shape index (κ1) is 19.6. The Morgan fingerprint density at radius 1 is 1.14 bits per heavy atom. The maximum Gasteiger partial charge on any atom is 0.323 e. The van der Waals surface area contributed by atoms with Crippen molar-refractivity contribution in [2.45, 2.75) is 13.0 Å². The Bertz CT molecular complexity index is 1040. The number of amides is 1. The van der Waals surface area contributed by atoms with E-state index in [1.165, 1.54) is 14.2 Å². The Hall–Kier alpha value is -3.19. The van der Waals surface area contributed by atoms with Crippen LogP contribution in [0.2, 0.25) is 5.02 Å². The van der Waals surface area contributed by atoms with Gasteiger partial charge in [-0.05, 0) is 17.7 Å². The zero-order chi connectivity index (χ0) is 20.3. The molecular weight excluding hydrogens is 384 g/mol. The van der Waals surface area contributed by atoms with Gasteiger partial charge in [-0.2, -0.15) is 0 Å². The van der Waals surface area contributed by atoms with Crippen LogP contribution >= 0.6 is 11.6 Å². The maximum atomic E-state index is 12.6. The van der Waals surface area contributed by atoms with E-state index >= 15 is 0 Å². The van der Waals surface area contributed by atoms with Crippen LogP contribution in [-0.4, -0.2) is 35.8 Å². The van der Waals surface area contributed by atoms with Gasteiger partial charge in [-0.25, -0.2) is 0 Å². The minimum absolute atomic E-state index is 0.0694. The van der Waals surface area contributed by atoms with Crippen LogP contribution in [0.1, 0.15) is 5.56 Å². The van der Waals surface area contributed by atoms with E-state index < -0.39 is 5.97 Å². The summed E-state index contributed by atoms with van der Waals surface area (Å²) in [7, 11) is 2.98. The van der Waals surface area contributed by atoms with Gasteiger partial charge in [0.2, 0.25) is 5.91 Å². The number of carboxylic acid groups (broad SMARTS) is 1. The van der Waals surface area contributed by atoms with Crippen molar-refractivity contribution in [2.75, 3.05) is 19.5 Å². The average Bonchev–Trinajstić information content (AvgIpc) is 2.99. The number of aliphatic carboxylic acids is 1. The van der Waals surface area contributed by atoms with E-state index in [4.69, 9.17) is 26.2 Å². The van der Waals surface area contributed by atoms with Crippen molar-refractivity contribution in [1.29, 1.82) is 0 Å². The molecule has 0 fully saturated rings. The molecule has 0 atom stereocenters. The monoisotopic (exact) mass is 402 g/mol. The number of anilines is 1. The number of nitrogens with zero attached hydrogens (tertiary/aromatic N) is 1. The second-order valence-electron chi connectivity index (χ2n) is 6.11. The lowest BCUT2D eigenvalue weighted by atomic mass is 10.1. The minimum atomic E-state index is -0.950. The van der Waals surface area contributed by atoms with E-state index in [2.05, 4.69) is 5.32 Å². The molecule has 1 aromatic heterocycles. The molecule has 2 N–H and O–H groups in total. The first-order chi connectivity index (χ1) is 13.4. The molecule has 3 rings (SSSR count). The van der Waals surface area contributed by atoms with Crippen molar-refractivity contribution in [3.63, 3.8) is 0 Å². The lowest BCUT2D eigenvalue weighted by Gasteiger charge is -2.13. The van der Waals surface area contributed by atoms with Gasteiger partial charge in [0.1, 0.15) is 18.0 Å². The zero-order valence-electron chi connectivity index (χ0n) is 15.4. The van der Waals surface area contributed by atoms with Gasteiger partial charge in [-0.15, -0.1) is 0 Å². The van der Waals surface area contributed by atoms with E-state index in [0.717, 1.165) is 16.5 Å². The molecule has 1 amide bonds. The number of halogens is 1. The Morgan fingerprint density at radius 2 is 1.86 bits per heavy atom. The smallest absolute Gasteiger partial charge is 0.323 e. The summed E-state index contributed by atoms with van der Waals surface area (Å²) in [6.07, 6.45) is 1.76. The first-order valence-electron chi connectivity index (χ1n) is 8.43. The topological polar surface area (TPSA) is 89.8 Å². The van der Waals surface area contributed by atoms with E-state index in [0.29, 0.717) is 22.2 Å². The number of carbonyl (C=O) groups is 2. The van der Waals surface area contributed by atoms with Gasteiger partial charge in [0.05, 0.1) is 31.4 Å².